The number of hydrogen-bond donors (Lipinski definition) is 0. The average molecular weight is 194 g/mol. The summed E-state index contributed by atoms with van der Waals surface area (Å²) in [6.07, 6.45) is 0. The van der Waals surface area contributed by atoms with E-state index >= 15 is 0 Å². The average Bonchev–Trinajstić information content (AvgIpc) is 0. The Hall–Kier alpha value is 2.09. The molecule has 0 atom stereocenters. The molecular weight excluding hydrogens is 194 g/mol. The summed E-state index contributed by atoms with van der Waals surface area (Å²) in [7, 11) is 0. The van der Waals surface area contributed by atoms with Gasteiger partial charge < -0.3 is 0 Å². The quantitative estimate of drug-likeness (QED) is 0.460. The van der Waals surface area contributed by atoms with Gasteiger partial charge >= 0.3 is 0 Å². The Kier molecular flexibility index (Phi) is 176. The van der Waals surface area contributed by atoms with Crippen LogP contribution in [0.2, 0.25) is 0 Å². The van der Waals surface area contributed by atoms with Crippen LogP contribution in [-0.2, 0) is 51.2 Å². The number of hydrogen-bond acceptors (Lipinski definition) is 0. The topological polar surface area (TPSA) is 0 Å². The predicted molar refractivity (Wildman–Crippen MR) is 5.75 cm³/mol. The molecular formula is AlCoCrFe. The summed E-state index contributed by atoms with van der Waals surface area (Å²) in [5, 5.41) is 0. The van der Waals surface area contributed by atoms with Gasteiger partial charge in [0.2, 0.25) is 0 Å². The van der Waals surface area contributed by atoms with E-state index in [1.54, 1.807) is 0 Å². The standard InChI is InChI=1S/Al.Co.Cr.Fe. The molecule has 0 saturated heterocycles. The third-order valence-electron chi connectivity index (χ3n) is 0. The van der Waals surface area contributed by atoms with E-state index < -0.39 is 0 Å². The molecule has 4 radical (unpaired) electrons. The van der Waals surface area contributed by atoms with Gasteiger partial charge in [-0.05, 0) is 0 Å². The van der Waals surface area contributed by atoms with Crippen LogP contribution in [-0.4, -0.2) is 17.4 Å². The molecule has 0 aliphatic rings. The van der Waals surface area contributed by atoms with Crippen molar-refractivity contribution in [1.29, 1.82) is 0 Å². The first kappa shape index (κ1) is 36.1. The van der Waals surface area contributed by atoms with Gasteiger partial charge in [-0.3, -0.25) is 0 Å². The zero-order valence-electron chi connectivity index (χ0n) is 1.67. The van der Waals surface area contributed by atoms with Crippen LogP contribution in [0.3, 0.4) is 0 Å². The van der Waals surface area contributed by atoms with Crippen molar-refractivity contribution in [3.63, 3.8) is 0 Å². The van der Waals surface area contributed by atoms with Crippen molar-refractivity contribution in [1.82, 2.24) is 0 Å². The predicted octanol–water partition coefficient (Wildman–Crippen LogP) is -0.388. The Morgan fingerprint density at radius 2 is 1.00 bits per heavy atom. The fourth-order valence-electron chi connectivity index (χ4n) is 0. The second-order valence-corrected chi connectivity index (χ2v) is 0. The summed E-state index contributed by atoms with van der Waals surface area (Å²) in [4.78, 5) is 0. The van der Waals surface area contributed by atoms with E-state index in [0.717, 1.165) is 0 Å². The molecule has 0 nitrogen and oxygen atoms in total. The van der Waals surface area contributed by atoms with Crippen LogP contribution < -0.4 is 0 Å². The van der Waals surface area contributed by atoms with Crippen LogP contribution in [0.5, 0.6) is 0 Å². The van der Waals surface area contributed by atoms with Crippen LogP contribution in [0.1, 0.15) is 0 Å². The van der Waals surface area contributed by atoms with Crippen molar-refractivity contribution in [2.24, 2.45) is 0 Å². The zero-order valence-corrected chi connectivity index (χ0v) is 6.25. The zero-order chi connectivity index (χ0) is 0. The van der Waals surface area contributed by atoms with Crippen molar-refractivity contribution in [3.05, 3.63) is 0 Å². The molecule has 0 unspecified atom stereocenters. The molecule has 0 amide bonds. The van der Waals surface area contributed by atoms with E-state index in [9.17, 15) is 0 Å². The Morgan fingerprint density at radius 3 is 1.00 bits per heavy atom. The maximum Gasteiger partial charge on any atom is 0 e. The van der Waals surface area contributed by atoms with Crippen molar-refractivity contribution in [2.45, 2.75) is 0 Å². The maximum atomic E-state index is 0. The molecule has 26 valence electrons. The third kappa shape index (κ3) is 8.94. The third-order valence-corrected chi connectivity index (χ3v) is 0. The first-order valence-electron chi connectivity index (χ1n) is 0. The Bertz CT molecular complexity index is 8.00. The molecule has 0 N–H and O–H groups in total. The minimum absolute atomic E-state index is 0. The normalized spacial score (nSPS) is 0. The largest absolute Gasteiger partial charge is 0 e. The van der Waals surface area contributed by atoms with Gasteiger partial charge in [0, 0.05) is 68.6 Å². The maximum absolute atomic E-state index is 0. The Morgan fingerprint density at radius 1 is 1.00 bits per heavy atom. The van der Waals surface area contributed by atoms with E-state index in [-0.39, 0.29) is 68.6 Å². The van der Waals surface area contributed by atoms with Crippen molar-refractivity contribution < 1.29 is 51.2 Å². The van der Waals surface area contributed by atoms with Gasteiger partial charge in [-0.1, -0.05) is 0 Å². The van der Waals surface area contributed by atoms with Crippen molar-refractivity contribution >= 4 is 17.4 Å². The summed E-state index contributed by atoms with van der Waals surface area (Å²) < 4.78 is 0. The molecule has 0 fully saturated rings. The minimum Gasteiger partial charge on any atom is 0 e. The molecule has 0 aliphatic heterocycles. The summed E-state index contributed by atoms with van der Waals surface area (Å²) in [5.74, 6) is 0. The summed E-state index contributed by atoms with van der Waals surface area (Å²) in [6, 6.07) is 0. The van der Waals surface area contributed by atoms with E-state index in [4.69, 9.17) is 0 Å². The van der Waals surface area contributed by atoms with Gasteiger partial charge in [0.25, 0.3) is 0 Å². The molecule has 4 heavy (non-hydrogen) atoms. The Balaban J connectivity index is 0. The van der Waals surface area contributed by atoms with Gasteiger partial charge in [-0.2, -0.15) is 0 Å². The van der Waals surface area contributed by atoms with Gasteiger partial charge in [0.15, 0.2) is 0 Å². The molecule has 0 aliphatic carbocycles. The van der Waals surface area contributed by atoms with Crippen molar-refractivity contribution in [3.8, 4) is 0 Å². The molecule has 0 bridgehead atoms. The van der Waals surface area contributed by atoms with Crippen LogP contribution >= 0.6 is 0 Å². The monoisotopic (exact) mass is 194 g/mol. The van der Waals surface area contributed by atoms with Crippen LogP contribution in [0, 0.1) is 0 Å². The number of rotatable bonds is 0. The smallest absolute Gasteiger partial charge is 0 e. The molecule has 0 spiro atoms. The molecule has 0 heterocycles. The van der Waals surface area contributed by atoms with Gasteiger partial charge in [-0.15, -0.1) is 0 Å². The van der Waals surface area contributed by atoms with Crippen LogP contribution in [0.4, 0.5) is 0 Å². The molecule has 0 aromatic rings. The van der Waals surface area contributed by atoms with Crippen molar-refractivity contribution in [2.75, 3.05) is 0 Å². The first-order valence-corrected chi connectivity index (χ1v) is 0. The second-order valence-electron chi connectivity index (χ2n) is 0. The van der Waals surface area contributed by atoms with E-state index in [0.29, 0.717) is 0 Å². The molecule has 4 heteroatoms. The van der Waals surface area contributed by atoms with Gasteiger partial charge in [0.1, 0.15) is 0 Å². The van der Waals surface area contributed by atoms with Gasteiger partial charge in [0.05, 0.1) is 0 Å². The molecule has 0 saturated carbocycles. The Labute approximate surface area is 68.0 Å². The molecule has 0 aromatic carbocycles. The molecule has 0 rings (SSSR count). The fourth-order valence-corrected chi connectivity index (χ4v) is 0. The molecule has 0 aromatic heterocycles. The first-order chi connectivity index (χ1) is 0. The van der Waals surface area contributed by atoms with E-state index in [1.807, 2.05) is 0 Å². The van der Waals surface area contributed by atoms with Gasteiger partial charge in [-0.25, -0.2) is 0 Å². The van der Waals surface area contributed by atoms with E-state index in [2.05, 4.69) is 0 Å². The minimum atomic E-state index is 0. The van der Waals surface area contributed by atoms with Crippen LogP contribution in [0.15, 0.2) is 0 Å². The van der Waals surface area contributed by atoms with Crippen LogP contribution in [0.25, 0.3) is 0 Å². The fraction of sp³-hybridized carbons (Fsp3) is 0. The SMILES string of the molecule is [Al].[Co].[Cr].[Fe]. The van der Waals surface area contributed by atoms with E-state index in [1.165, 1.54) is 0 Å². The summed E-state index contributed by atoms with van der Waals surface area (Å²) in [6.45, 7) is 0. The summed E-state index contributed by atoms with van der Waals surface area (Å²) in [5.41, 5.74) is 0. The second kappa shape index (κ2) is 19.5. The summed E-state index contributed by atoms with van der Waals surface area (Å²) >= 11 is 0.